The molecule has 2 N–H and O–H groups in total. The molecule has 1 saturated carbocycles. The molecule has 3 atom stereocenters. The van der Waals surface area contributed by atoms with Crippen LogP contribution in [0.1, 0.15) is 38.8 Å². The Morgan fingerprint density at radius 1 is 1.03 bits per heavy atom. The smallest absolute Gasteiger partial charge is 0.328 e. The Hall–Kier alpha value is -2.74. The molecule has 0 saturated heterocycles. The average molecular weight is 465 g/mol. The number of rotatable bonds is 6. The molecule has 0 bridgehead atoms. The van der Waals surface area contributed by atoms with Crippen molar-refractivity contribution in [3.05, 3.63) is 93.3 Å². The molecule has 1 aromatic heterocycles. The molecule has 4 rings (SSSR count). The summed E-state index contributed by atoms with van der Waals surface area (Å²) in [4.78, 5) is 26.3. The van der Waals surface area contributed by atoms with Crippen molar-refractivity contribution in [2.75, 3.05) is 6.61 Å². The topological polar surface area (TPSA) is 84.3 Å². The van der Waals surface area contributed by atoms with Crippen molar-refractivity contribution in [2.24, 2.45) is 5.92 Å². The lowest BCUT2D eigenvalue weighted by molar-refractivity contribution is -0.0551. The average Bonchev–Trinajstić information content (AvgIpc) is 2.79. The number of aliphatic hydroxyl groups excluding tert-OH is 1. The van der Waals surface area contributed by atoms with E-state index in [1.54, 1.807) is 6.92 Å². The molecule has 0 spiro atoms. The Bertz CT molecular complexity index is 1180. The second-order valence-corrected chi connectivity index (χ2v) is 14.3. The minimum atomic E-state index is -2.68. The molecule has 33 heavy (non-hydrogen) atoms. The molecule has 0 unspecified atom stereocenters. The maximum absolute atomic E-state index is 12.3. The highest BCUT2D eigenvalue weighted by molar-refractivity contribution is 6.99. The zero-order valence-corrected chi connectivity index (χ0v) is 20.6. The molecule has 2 aromatic carbocycles. The lowest BCUT2D eigenvalue weighted by atomic mass is 9.77. The highest BCUT2D eigenvalue weighted by Crippen LogP contribution is 2.41. The fourth-order valence-corrected chi connectivity index (χ4v) is 9.60. The van der Waals surface area contributed by atoms with Gasteiger partial charge in [-0.1, -0.05) is 81.4 Å². The van der Waals surface area contributed by atoms with Crippen LogP contribution in [-0.4, -0.2) is 35.7 Å². The van der Waals surface area contributed by atoms with E-state index in [0.717, 1.165) is 0 Å². The number of benzene rings is 2. The van der Waals surface area contributed by atoms with Gasteiger partial charge in [-0.05, 0) is 28.8 Å². The molecule has 1 aliphatic rings. The minimum Gasteiger partial charge on any atom is -0.407 e. The Kier molecular flexibility index (Phi) is 6.31. The lowest BCUT2D eigenvalue weighted by Gasteiger charge is -2.47. The van der Waals surface area contributed by atoms with Crippen molar-refractivity contribution in [1.82, 2.24) is 9.55 Å². The molecule has 0 amide bonds. The van der Waals surface area contributed by atoms with Gasteiger partial charge in [-0.15, -0.1) is 0 Å². The van der Waals surface area contributed by atoms with Crippen molar-refractivity contribution in [3.8, 4) is 0 Å². The van der Waals surface area contributed by atoms with Crippen molar-refractivity contribution >= 4 is 18.7 Å². The van der Waals surface area contributed by atoms with Gasteiger partial charge >= 0.3 is 5.69 Å². The van der Waals surface area contributed by atoms with Gasteiger partial charge in [-0.3, -0.25) is 14.3 Å². The Morgan fingerprint density at radius 2 is 1.58 bits per heavy atom. The van der Waals surface area contributed by atoms with E-state index in [1.807, 2.05) is 36.4 Å². The highest BCUT2D eigenvalue weighted by Gasteiger charge is 2.52. The van der Waals surface area contributed by atoms with Crippen LogP contribution in [0.15, 0.2) is 76.4 Å². The number of H-pyrrole nitrogens is 1. The minimum absolute atomic E-state index is 0.0872. The Labute approximate surface area is 195 Å². The van der Waals surface area contributed by atoms with Crippen LogP contribution in [0.5, 0.6) is 0 Å². The number of aliphatic hydroxyl groups is 1. The van der Waals surface area contributed by atoms with Crippen molar-refractivity contribution in [2.45, 2.75) is 51.3 Å². The van der Waals surface area contributed by atoms with Crippen LogP contribution < -0.4 is 21.6 Å². The highest BCUT2D eigenvalue weighted by atomic mass is 28.4. The molecule has 6 nitrogen and oxygen atoms in total. The van der Waals surface area contributed by atoms with E-state index in [1.165, 1.54) is 21.1 Å². The number of hydrogen-bond donors (Lipinski definition) is 2. The third kappa shape index (κ3) is 4.16. The second kappa shape index (κ2) is 8.89. The number of aryl methyl sites for hydroxylation is 1. The largest absolute Gasteiger partial charge is 0.407 e. The normalized spacial score (nSPS) is 20.9. The first-order valence-corrected chi connectivity index (χ1v) is 13.3. The summed E-state index contributed by atoms with van der Waals surface area (Å²) >= 11 is 0. The van der Waals surface area contributed by atoms with Gasteiger partial charge < -0.3 is 9.53 Å². The predicted octanol–water partition coefficient (Wildman–Crippen LogP) is 2.34. The first-order chi connectivity index (χ1) is 15.6. The number of aromatic amines is 1. The monoisotopic (exact) mass is 464 g/mol. The third-order valence-corrected chi connectivity index (χ3v) is 11.9. The zero-order chi connectivity index (χ0) is 23.8. The van der Waals surface area contributed by atoms with E-state index >= 15 is 0 Å². The molecular formula is C26H32N2O4Si. The van der Waals surface area contributed by atoms with E-state index in [4.69, 9.17) is 4.43 Å². The van der Waals surface area contributed by atoms with E-state index in [-0.39, 0.29) is 17.0 Å². The quantitative estimate of drug-likeness (QED) is 0.549. The molecular weight excluding hydrogens is 432 g/mol. The maximum atomic E-state index is 12.3. The van der Waals surface area contributed by atoms with Gasteiger partial charge in [0.2, 0.25) is 0 Å². The molecule has 3 aromatic rings. The summed E-state index contributed by atoms with van der Waals surface area (Å²) in [6, 6.07) is 20.5. The summed E-state index contributed by atoms with van der Waals surface area (Å²) in [5.74, 6) is -0.0872. The summed E-state index contributed by atoms with van der Waals surface area (Å²) < 4.78 is 8.38. The van der Waals surface area contributed by atoms with Gasteiger partial charge in [0.05, 0.1) is 12.1 Å². The van der Waals surface area contributed by atoms with Gasteiger partial charge in [0, 0.05) is 24.3 Å². The molecule has 1 heterocycles. The molecule has 0 radical (unpaired) electrons. The van der Waals surface area contributed by atoms with E-state index in [9.17, 15) is 14.7 Å². The van der Waals surface area contributed by atoms with E-state index < -0.39 is 25.7 Å². The standard InChI is InChI=1S/C26H32N2O4Si/c1-18-16-28(25(31)27-24(18)30)22-15-19(23(22)29)17-32-33(26(2,3)4,20-11-7-5-8-12-20)21-13-9-6-10-14-21/h5-14,16,19,22-23,29H,15,17H2,1-4H3,(H,27,30,31)/t19-,22-,23+/m1/s1. The zero-order valence-electron chi connectivity index (χ0n) is 19.6. The van der Waals surface area contributed by atoms with E-state index in [0.29, 0.717) is 18.6 Å². The molecule has 1 aliphatic carbocycles. The van der Waals surface area contributed by atoms with Gasteiger partial charge in [0.15, 0.2) is 0 Å². The first kappa shape index (κ1) is 23.4. The lowest BCUT2D eigenvalue weighted by Crippen LogP contribution is -2.67. The second-order valence-electron chi connectivity index (χ2n) is 10.0. The summed E-state index contributed by atoms with van der Waals surface area (Å²) in [5.41, 5.74) is -0.425. The molecule has 174 valence electrons. The molecule has 1 fully saturated rings. The maximum Gasteiger partial charge on any atom is 0.328 e. The van der Waals surface area contributed by atoms with Crippen molar-refractivity contribution in [1.29, 1.82) is 0 Å². The van der Waals surface area contributed by atoms with Gasteiger partial charge in [0.25, 0.3) is 13.9 Å². The fourth-order valence-electron chi connectivity index (χ4n) is 4.98. The van der Waals surface area contributed by atoms with Crippen molar-refractivity contribution < 1.29 is 9.53 Å². The van der Waals surface area contributed by atoms with Crippen LogP contribution >= 0.6 is 0 Å². The third-order valence-electron chi connectivity index (χ3n) is 6.86. The number of nitrogens with one attached hydrogen (secondary N) is 1. The predicted molar refractivity (Wildman–Crippen MR) is 133 cm³/mol. The fraction of sp³-hybridized carbons (Fsp3) is 0.385. The Morgan fingerprint density at radius 3 is 2.06 bits per heavy atom. The van der Waals surface area contributed by atoms with Crippen LogP contribution in [0.4, 0.5) is 0 Å². The van der Waals surface area contributed by atoms with Crippen LogP contribution in [0, 0.1) is 12.8 Å². The Balaban J connectivity index is 1.62. The van der Waals surface area contributed by atoms with Crippen LogP contribution in [-0.2, 0) is 4.43 Å². The summed E-state index contributed by atoms with van der Waals surface area (Å²) in [6.45, 7) is 8.73. The number of nitrogens with zero attached hydrogens (tertiary/aromatic N) is 1. The SMILES string of the molecule is Cc1cn([C@@H]2C[C@H](CO[Si](c3ccccc3)(c3ccccc3)C(C)(C)C)[C@@H]2O)c(=O)[nH]c1=O. The molecule has 0 aliphatic heterocycles. The first-order valence-electron chi connectivity index (χ1n) is 11.4. The van der Waals surface area contributed by atoms with Gasteiger partial charge in [0.1, 0.15) is 0 Å². The van der Waals surface area contributed by atoms with Gasteiger partial charge in [-0.25, -0.2) is 4.79 Å². The van der Waals surface area contributed by atoms with Gasteiger partial charge in [-0.2, -0.15) is 0 Å². The molecule has 7 heteroatoms. The summed E-state index contributed by atoms with van der Waals surface area (Å²) in [5, 5.41) is 13.2. The van der Waals surface area contributed by atoms with Crippen molar-refractivity contribution in [3.63, 3.8) is 0 Å². The van der Waals surface area contributed by atoms with Crippen LogP contribution in [0.2, 0.25) is 5.04 Å². The van der Waals surface area contributed by atoms with Crippen LogP contribution in [0.3, 0.4) is 0 Å². The summed E-state index contributed by atoms with van der Waals surface area (Å²) in [7, 11) is -2.68. The number of hydrogen-bond acceptors (Lipinski definition) is 4. The van der Waals surface area contributed by atoms with Crippen LogP contribution in [0.25, 0.3) is 0 Å². The van der Waals surface area contributed by atoms with E-state index in [2.05, 4.69) is 50.0 Å². The number of aromatic nitrogens is 2. The summed E-state index contributed by atoms with van der Waals surface area (Å²) in [6.07, 6.45) is 1.44.